The topological polar surface area (TPSA) is 204 Å². The molecule has 0 unspecified atom stereocenters. The molecule has 0 amide bonds. The van der Waals surface area contributed by atoms with Crippen molar-refractivity contribution in [1.29, 1.82) is 0 Å². The van der Waals surface area contributed by atoms with E-state index < -0.39 is 57.4 Å². The Labute approximate surface area is 240 Å². The van der Waals surface area contributed by atoms with E-state index in [9.17, 15) is 37.1 Å². The molecule has 3 aromatic rings. The van der Waals surface area contributed by atoms with Gasteiger partial charge in [0.1, 0.15) is 33.6 Å². The zero-order chi connectivity index (χ0) is 31.2. The Hall–Kier alpha value is -4.90. The average Bonchev–Trinajstić information content (AvgIpc) is 2.95. The normalized spacial score (nSPS) is 11.6. The fourth-order valence-electron chi connectivity index (χ4n) is 3.74. The molecule has 15 nitrogen and oxygen atoms in total. The third kappa shape index (κ3) is 7.24. The molecule has 42 heavy (non-hydrogen) atoms. The maximum Gasteiger partial charge on any atom is 0.300 e. The lowest BCUT2D eigenvalue weighted by molar-refractivity contribution is -0.393. The lowest BCUT2D eigenvalue weighted by Gasteiger charge is -2.13. The highest BCUT2D eigenvalue weighted by molar-refractivity contribution is 7.93. The Morgan fingerprint density at radius 3 is 1.93 bits per heavy atom. The number of non-ortho nitro benzene ring substituents is 1. The molecule has 0 bridgehead atoms. The molecule has 0 aliphatic rings. The molecular weight excluding hydrogens is 598 g/mol. The summed E-state index contributed by atoms with van der Waals surface area (Å²) in [7, 11) is -3.21. The molecule has 0 fully saturated rings. The Balaban J connectivity index is 1.97. The number of anilines is 1. The number of methoxy groups -OCH3 is 4. The van der Waals surface area contributed by atoms with Crippen LogP contribution >= 0.6 is 0 Å². The van der Waals surface area contributed by atoms with Crippen LogP contribution in [0.2, 0.25) is 0 Å². The Bertz CT molecular complexity index is 1750. The smallest absolute Gasteiger partial charge is 0.300 e. The summed E-state index contributed by atoms with van der Waals surface area (Å²) in [6.45, 7) is 0. The molecule has 224 valence electrons. The summed E-state index contributed by atoms with van der Waals surface area (Å²) in [5.74, 6) is 0.165. The number of nitrogens with zero attached hydrogens (tertiary/aromatic N) is 2. The molecule has 0 saturated carbocycles. The van der Waals surface area contributed by atoms with Crippen molar-refractivity contribution >= 4 is 43.0 Å². The molecule has 17 heteroatoms. The van der Waals surface area contributed by atoms with Gasteiger partial charge in [0.2, 0.25) is 0 Å². The minimum absolute atomic E-state index is 0.0488. The van der Waals surface area contributed by atoms with Gasteiger partial charge in [0.05, 0.1) is 55.7 Å². The van der Waals surface area contributed by atoms with Crippen molar-refractivity contribution in [1.82, 2.24) is 0 Å². The van der Waals surface area contributed by atoms with Crippen LogP contribution in [0.5, 0.6) is 23.0 Å². The van der Waals surface area contributed by atoms with Crippen LogP contribution < -0.4 is 23.7 Å². The second-order valence-corrected chi connectivity index (χ2v) is 11.9. The number of sulfonamides is 1. The van der Waals surface area contributed by atoms with Crippen molar-refractivity contribution in [3.63, 3.8) is 0 Å². The van der Waals surface area contributed by atoms with Crippen LogP contribution in [0.25, 0.3) is 6.08 Å². The summed E-state index contributed by atoms with van der Waals surface area (Å²) >= 11 is 0. The quantitative estimate of drug-likeness (QED) is 0.212. The number of nitro benzene ring substituents is 2. The van der Waals surface area contributed by atoms with Gasteiger partial charge in [-0.15, -0.1) is 0 Å². The predicted octanol–water partition coefficient (Wildman–Crippen LogP) is 3.92. The number of rotatable bonds is 13. The van der Waals surface area contributed by atoms with Crippen LogP contribution in [0.3, 0.4) is 0 Å². The van der Waals surface area contributed by atoms with Gasteiger partial charge in [-0.3, -0.25) is 25.0 Å². The summed E-state index contributed by atoms with van der Waals surface area (Å²) in [6, 6.07) is 9.06. The van der Waals surface area contributed by atoms with E-state index in [2.05, 4.69) is 0 Å². The molecule has 0 radical (unpaired) electrons. The fraction of sp³-hybridized carbons (Fsp3) is 0.200. The van der Waals surface area contributed by atoms with Gasteiger partial charge < -0.3 is 18.9 Å². The summed E-state index contributed by atoms with van der Waals surface area (Å²) in [5.41, 5.74) is -1.66. The van der Waals surface area contributed by atoms with E-state index in [0.717, 1.165) is 23.6 Å². The minimum Gasteiger partial charge on any atom is -0.496 e. The van der Waals surface area contributed by atoms with E-state index in [4.69, 9.17) is 18.9 Å². The fourth-order valence-corrected chi connectivity index (χ4v) is 6.12. The first-order valence-electron chi connectivity index (χ1n) is 11.6. The third-order valence-corrected chi connectivity index (χ3v) is 8.39. The van der Waals surface area contributed by atoms with Crippen molar-refractivity contribution in [3.05, 3.63) is 85.3 Å². The number of benzene rings is 3. The molecule has 0 spiro atoms. The molecule has 0 saturated heterocycles. The van der Waals surface area contributed by atoms with Crippen LogP contribution in [-0.2, 0) is 25.6 Å². The van der Waals surface area contributed by atoms with Crippen molar-refractivity contribution in [3.8, 4) is 23.0 Å². The van der Waals surface area contributed by atoms with E-state index in [1.807, 2.05) is 4.72 Å². The van der Waals surface area contributed by atoms with Crippen LogP contribution in [0.4, 0.5) is 17.1 Å². The number of nitro groups is 2. The Morgan fingerprint density at radius 2 is 1.40 bits per heavy atom. The molecule has 3 aromatic carbocycles. The number of hydrogen-bond acceptors (Lipinski definition) is 12. The molecule has 0 aliphatic carbocycles. The number of sulfone groups is 1. The molecule has 3 rings (SSSR count). The van der Waals surface area contributed by atoms with Crippen molar-refractivity contribution < 1.29 is 45.6 Å². The Kier molecular flexibility index (Phi) is 9.59. The van der Waals surface area contributed by atoms with Crippen LogP contribution in [0.15, 0.2) is 58.8 Å². The standard InChI is InChI=1S/C25H25N3O12S2/c1-37-18-13-23(39-3)19(24(14-18)40-4)9-10-41(33,34)15-16-5-8-22(38-2)25(11-16)42(35,36)26-20-7-6-17(27(29)30)12-21(20)28(31)32/h5-14,26H,15H2,1-4H3/b10-9+. The van der Waals surface area contributed by atoms with Crippen molar-refractivity contribution in [2.75, 3.05) is 33.2 Å². The lowest BCUT2D eigenvalue weighted by Crippen LogP contribution is -2.16. The number of hydrogen-bond donors (Lipinski definition) is 1. The summed E-state index contributed by atoms with van der Waals surface area (Å²) in [4.78, 5) is 20.1. The monoisotopic (exact) mass is 623 g/mol. The maximum atomic E-state index is 13.2. The van der Waals surface area contributed by atoms with E-state index >= 15 is 0 Å². The lowest BCUT2D eigenvalue weighted by atomic mass is 10.1. The van der Waals surface area contributed by atoms with Crippen LogP contribution in [0.1, 0.15) is 11.1 Å². The van der Waals surface area contributed by atoms with Gasteiger partial charge >= 0.3 is 0 Å². The maximum absolute atomic E-state index is 13.2. The van der Waals surface area contributed by atoms with Crippen molar-refractivity contribution in [2.45, 2.75) is 10.6 Å². The van der Waals surface area contributed by atoms with E-state index in [1.165, 1.54) is 58.8 Å². The van der Waals surface area contributed by atoms with Gasteiger partial charge in [-0.05, 0) is 29.8 Å². The zero-order valence-electron chi connectivity index (χ0n) is 22.6. The third-order valence-electron chi connectivity index (χ3n) is 5.71. The zero-order valence-corrected chi connectivity index (χ0v) is 24.2. The Morgan fingerprint density at radius 1 is 0.786 bits per heavy atom. The number of nitrogens with one attached hydrogen (secondary N) is 1. The highest BCUT2D eigenvalue weighted by Gasteiger charge is 2.27. The second-order valence-electron chi connectivity index (χ2n) is 8.36. The second kappa shape index (κ2) is 12.7. The highest BCUT2D eigenvalue weighted by Crippen LogP contribution is 2.36. The van der Waals surface area contributed by atoms with E-state index in [-0.39, 0.29) is 22.8 Å². The SMILES string of the molecule is COc1cc(OC)c(/C=C/S(=O)(=O)Cc2ccc(OC)c(S(=O)(=O)Nc3ccc([N+](=O)[O-])cc3[N+](=O)[O-])c2)c(OC)c1. The van der Waals surface area contributed by atoms with Gasteiger partial charge in [0.25, 0.3) is 21.4 Å². The van der Waals surface area contributed by atoms with Crippen LogP contribution in [-0.4, -0.2) is 55.1 Å². The largest absolute Gasteiger partial charge is 0.496 e. The molecule has 0 heterocycles. The van der Waals surface area contributed by atoms with Crippen molar-refractivity contribution in [2.24, 2.45) is 0 Å². The molecule has 1 N–H and O–H groups in total. The first-order valence-corrected chi connectivity index (χ1v) is 14.8. The first-order chi connectivity index (χ1) is 19.7. The molecule has 0 atom stereocenters. The first kappa shape index (κ1) is 31.6. The van der Waals surface area contributed by atoms with Crippen LogP contribution in [0, 0.1) is 20.2 Å². The van der Waals surface area contributed by atoms with Gasteiger partial charge in [0, 0.05) is 23.6 Å². The van der Waals surface area contributed by atoms with E-state index in [0.29, 0.717) is 17.4 Å². The van der Waals surface area contributed by atoms with E-state index in [1.54, 1.807) is 0 Å². The molecule has 0 aliphatic heterocycles. The van der Waals surface area contributed by atoms with Gasteiger partial charge in [0.15, 0.2) is 9.84 Å². The highest BCUT2D eigenvalue weighted by atomic mass is 32.2. The van der Waals surface area contributed by atoms with Gasteiger partial charge in [-0.25, -0.2) is 16.8 Å². The summed E-state index contributed by atoms with van der Waals surface area (Å²) in [6.07, 6.45) is 1.27. The number of ether oxygens (including phenoxy) is 4. The average molecular weight is 624 g/mol. The summed E-state index contributed by atoms with van der Waals surface area (Å²) in [5, 5.41) is 23.4. The summed E-state index contributed by atoms with van der Waals surface area (Å²) < 4.78 is 75.4. The van der Waals surface area contributed by atoms with Gasteiger partial charge in [-0.2, -0.15) is 0 Å². The minimum atomic E-state index is -4.61. The predicted molar refractivity (Wildman–Crippen MR) is 151 cm³/mol. The molecule has 0 aromatic heterocycles. The van der Waals surface area contributed by atoms with Gasteiger partial charge in [-0.1, -0.05) is 6.07 Å². The molecular formula is C25H25N3O12S2.